The van der Waals surface area contributed by atoms with Gasteiger partial charge in [0, 0.05) is 17.9 Å². The molecule has 0 bridgehead atoms. The van der Waals surface area contributed by atoms with Gasteiger partial charge in [0.1, 0.15) is 0 Å². The number of anilines is 2. The predicted molar refractivity (Wildman–Crippen MR) is 102 cm³/mol. The quantitative estimate of drug-likeness (QED) is 0.845. The van der Waals surface area contributed by atoms with Crippen LogP contribution in [0.25, 0.3) is 0 Å². The summed E-state index contributed by atoms with van der Waals surface area (Å²) in [6, 6.07) is 17.2. The number of nitrogens with zero attached hydrogens (tertiary/aromatic N) is 1. The molecule has 2 aromatic carbocycles. The van der Waals surface area contributed by atoms with Crippen LogP contribution in [0, 0.1) is 5.41 Å². The van der Waals surface area contributed by atoms with Crippen molar-refractivity contribution in [3.63, 3.8) is 0 Å². The van der Waals surface area contributed by atoms with E-state index in [4.69, 9.17) is 0 Å². The molecule has 0 spiro atoms. The fourth-order valence-electron chi connectivity index (χ4n) is 3.47. The zero-order valence-electron chi connectivity index (χ0n) is 15.1. The minimum Gasteiger partial charge on any atom is -0.391 e. The van der Waals surface area contributed by atoms with Crippen LogP contribution >= 0.6 is 0 Å². The van der Waals surface area contributed by atoms with Crippen LogP contribution in [0.1, 0.15) is 44.7 Å². The first-order valence-corrected chi connectivity index (χ1v) is 9.05. The van der Waals surface area contributed by atoms with Gasteiger partial charge in [0.25, 0.3) is 0 Å². The van der Waals surface area contributed by atoms with Crippen molar-refractivity contribution in [1.29, 1.82) is 0 Å². The molecule has 0 aromatic heterocycles. The summed E-state index contributed by atoms with van der Waals surface area (Å²) >= 11 is 0. The fraction of sp³-hybridized carbons (Fsp3) is 0.455. The zero-order chi connectivity index (χ0) is 17.2. The lowest BCUT2D eigenvalue weighted by Gasteiger charge is -2.30. The minimum absolute atomic E-state index is 0.260. The molecule has 0 amide bonds. The molecule has 1 heterocycles. The number of aliphatic hydroxyl groups is 1. The van der Waals surface area contributed by atoms with Crippen molar-refractivity contribution in [1.82, 2.24) is 0 Å². The van der Waals surface area contributed by atoms with Gasteiger partial charge in [-0.1, -0.05) is 57.2 Å². The number of fused-ring (bicyclic) bond motifs is 2. The van der Waals surface area contributed by atoms with Crippen molar-refractivity contribution in [2.75, 3.05) is 11.4 Å². The van der Waals surface area contributed by atoms with Gasteiger partial charge in [0.05, 0.1) is 6.10 Å². The summed E-state index contributed by atoms with van der Waals surface area (Å²) in [5, 5.41) is 10.7. The average molecular weight is 323 g/mol. The van der Waals surface area contributed by atoms with Crippen LogP contribution in [0.2, 0.25) is 0 Å². The van der Waals surface area contributed by atoms with E-state index in [1.54, 1.807) is 0 Å². The second kappa shape index (κ2) is 6.98. The first-order chi connectivity index (χ1) is 11.4. The Morgan fingerprint density at radius 3 is 1.92 bits per heavy atom. The molecule has 1 unspecified atom stereocenters. The summed E-state index contributed by atoms with van der Waals surface area (Å²) in [4.78, 5) is 2.32. The standard InChI is InChI=1S/C22H29NO/c1-22(2,3)15-14-19(24)16-23-20-10-6-4-8-17(20)12-13-18-9-5-7-11-21(18)23/h4-11,19,24H,12-16H2,1-3H3. The summed E-state index contributed by atoms with van der Waals surface area (Å²) in [6.07, 6.45) is 3.67. The Morgan fingerprint density at radius 1 is 0.917 bits per heavy atom. The number of benzene rings is 2. The third-order valence-electron chi connectivity index (χ3n) is 4.85. The predicted octanol–water partition coefficient (Wildman–Crippen LogP) is 5.11. The summed E-state index contributed by atoms with van der Waals surface area (Å²) in [5.74, 6) is 0. The Labute approximate surface area is 146 Å². The molecule has 0 saturated carbocycles. The smallest absolute Gasteiger partial charge is 0.0719 e. The Kier molecular flexibility index (Phi) is 4.96. The summed E-state index contributed by atoms with van der Waals surface area (Å²) in [6.45, 7) is 7.35. The van der Waals surface area contributed by atoms with Crippen molar-refractivity contribution in [3.05, 3.63) is 59.7 Å². The van der Waals surface area contributed by atoms with Gasteiger partial charge in [-0.25, -0.2) is 0 Å². The monoisotopic (exact) mass is 323 g/mol. The van der Waals surface area contributed by atoms with Gasteiger partial charge in [-0.15, -0.1) is 0 Å². The number of hydrogen-bond acceptors (Lipinski definition) is 2. The molecule has 2 heteroatoms. The van der Waals surface area contributed by atoms with Gasteiger partial charge < -0.3 is 10.0 Å². The van der Waals surface area contributed by atoms with Crippen LogP contribution in [0.5, 0.6) is 0 Å². The SMILES string of the molecule is CC(C)(C)CCC(O)CN1c2ccccc2CCc2ccccc21. The van der Waals surface area contributed by atoms with Gasteiger partial charge in [-0.2, -0.15) is 0 Å². The molecule has 0 radical (unpaired) electrons. The third kappa shape index (κ3) is 3.99. The maximum absolute atomic E-state index is 10.7. The fourth-order valence-corrected chi connectivity index (χ4v) is 3.47. The van der Waals surface area contributed by atoms with Gasteiger partial charge >= 0.3 is 0 Å². The Hall–Kier alpha value is -1.80. The van der Waals surface area contributed by atoms with E-state index < -0.39 is 0 Å². The summed E-state index contributed by atoms with van der Waals surface area (Å²) in [5.41, 5.74) is 5.50. The Bertz CT molecular complexity index is 639. The van der Waals surface area contributed by atoms with Crippen LogP contribution < -0.4 is 4.90 Å². The summed E-state index contributed by atoms with van der Waals surface area (Å²) in [7, 11) is 0. The van der Waals surface area contributed by atoms with E-state index in [9.17, 15) is 5.11 Å². The average Bonchev–Trinajstić information content (AvgIpc) is 2.71. The highest BCUT2D eigenvalue weighted by Crippen LogP contribution is 2.36. The zero-order valence-corrected chi connectivity index (χ0v) is 15.1. The largest absolute Gasteiger partial charge is 0.391 e. The number of para-hydroxylation sites is 2. The Morgan fingerprint density at radius 2 is 1.42 bits per heavy atom. The van der Waals surface area contributed by atoms with E-state index in [0.717, 1.165) is 25.7 Å². The normalized spacial score (nSPS) is 15.4. The lowest BCUT2D eigenvalue weighted by atomic mass is 9.89. The van der Waals surface area contributed by atoms with Crippen molar-refractivity contribution >= 4 is 11.4 Å². The topological polar surface area (TPSA) is 23.5 Å². The highest BCUT2D eigenvalue weighted by molar-refractivity contribution is 5.71. The molecular weight excluding hydrogens is 294 g/mol. The molecule has 0 aliphatic carbocycles. The molecule has 24 heavy (non-hydrogen) atoms. The Balaban J connectivity index is 1.88. The van der Waals surface area contributed by atoms with E-state index in [1.807, 2.05) is 0 Å². The molecule has 1 N–H and O–H groups in total. The number of rotatable bonds is 4. The molecule has 0 saturated heterocycles. The van der Waals surface area contributed by atoms with Crippen molar-refractivity contribution in [3.8, 4) is 0 Å². The van der Waals surface area contributed by atoms with Crippen molar-refractivity contribution in [2.45, 2.75) is 52.6 Å². The number of β-amino-alcohol motifs (C(OH)–C–C–N with tert-alkyl or cyclic N) is 1. The summed E-state index contributed by atoms with van der Waals surface area (Å²) < 4.78 is 0. The van der Waals surface area contributed by atoms with Crippen molar-refractivity contribution < 1.29 is 5.11 Å². The van der Waals surface area contributed by atoms with E-state index in [0.29, 0.717) is 6.54 Å². The molecule has 3 rings (SSSR count). The van der Waals surface area contributed by atoms with Gasteiger partial charge in [0.2, 0.25) is 0 Å². The van der Waals surface area contributed by atoms with Crippen LogP contribution in [0.3, 0.4) is 0 Å². The number of aryl methyl sites for hydroxylation is 2. The lowest BCUT2D eigenvalue weighted by Crippen LogP contribution is -2.30. The highest BCUT2D eigenvalue weighted by atomic mass is 16.3. The molecule has 1 aliphatic rings. The third-order valence-corrected chi connectivity index (χ3v) is 4.85. The molecule has 0 fully saturated rings. The minimum atomic E-state index is -0.316. The van der Waals surface area contributed by atoms with Gasteiger partial charge in [-0.05, 0) is 54.4 Å². The van der Waals surface area contributed by atoms with Crippen LogP contribution in [-0.2, 0) is 12.8 Å². The number of aliphatic hydroxyl groups excluding tert-OH is 1. The molecule has 2 aromatic rings. The first kappa shape index (κ1) is 17.0. The maximum atomic E-state index is 10.7. The molecule has 1 atom stereocenters. The van der Waals surface area contributed by atoms with Gasteiger partial charge in [-0.3, -0.25) is 0 Å². The van der Waals surface area contributed by atoms with E-state index in [2.05, 4.69) is 74.2 Å². The molecule has 128 valence electrons. The van der Waals surface area contributed by atoms with Crippen LogP contribution in [0.4, 0.5) is 11.4 Å². The van der Waals surface area contributed by atoms with Crippen LogP contribution in [-0.4, -0.2) is 17.8 Å². The second-order valence-electron chi connectivity index (χ2n) is 8.12. The number of hydrogen-bond donors (Lipinski definition) is 1. The van der Waals surface area contributed by atoms with E-state index >= 15 is 0 Å². The lowest BCUT2D eigenvalue weighted by molar-refractivity contribution is 0.153. The van der Waals surface area contributed by atoms with E-state index in [-0.39, 0.29) is 11.5 Å². The molecular formula is C22H29NO. The second-order valence-corrected chi connectivity index (χ2v) is 8.12. The molecule has 1 aliphatic heterocycles. The maximum Gasteiger partial charge on any atom is 0.0719 e. The first-order valence-electron chi connectivity index (χ1n) is 9.05. The molecule has 2 nitrogen and oxygen atoms in total. The van der Waals surface area contributed by atoms with Crippen LogP contribution in [0.15, 0.2) is 48.5 Å². The van der Waals surface area contributed by atoms with E-state index in [1.165, 1.54) is 22.5 Å². The van der Waals surface area contributed by atoms with Gasteiger partial charge in [0.15, 0.2) is 0 Å². The highest BCUT2D eigenvalue weighted by Gasteiger charge is 2.23. The van der Waals surface area contributed by atoms with Crippen molar-refractivity contribution in [2.24, 2.45) is 5.41 Å².